The lowest BCUT2D eigenvalue weighted by atomic mass is 10.1. The van der Waals surface area contributed by atoms with Crippen LogP contribution in [0, 0.1) is 5.92 Å². The van der Waals surface area contributed by atoms with Crippen LogP contribution in [0.1, 0.15) is 13.8 Å². The minimum Gasteiger partial charge on any atom is -0.210 e. The minimum absolute atomic E-state index is 0.144. The second-order valence-corrected chi connectivity index (χ2v) is 6.87. The monoisotopic (exact) mass is 305 g/mol. The van der Waals surface area contributed by atoms with Gasteiger partial charge in [0.05, 0.1) is 4.90 Å². The summed E-state index contributed by atoms with van der Waals surface area (Å²) < 4.78 is 26.2. The van der Waals surface area contributed by atoms with Crippen LogP contribution in [0.5, 0.6) is 0 Å². The predicted molar refractivity (Wildman–Crippen MR) is 69.2 cm³/mol. The first-order valence-corrected chi connectivity index (χ1v) is 7.52. The van der Waals surface area contributed by atoms with Crippen LogP contribution >= 0.6 is 15.9 Å². The normalized spacial score (nSPS) is 14.0. The number of nitrogens with one attached hydrogen (secondary N) is 1. The maximum Gasteiger partial charge on any atom is 0.240 e. The van der Waals surface area contributed by atoms with Gasteiger partial charge in [0.25, 0.3) is 0 Å². The number of hydrogen-bond donors (Lipinski definition) is 1. The molecule has 16 heavy (non-hydrogen) atoms. The van der Waals surface area contributed by atoms with Crippen LogP contribution in [0.25, 0.3) is 0 Å². The molecule has 0 spiro atoms. The third-order valence-electron chi connectivity index (χ3n) is 2.25. The van der Waals surface area contributed by atoms with E-state index in [2.05, 4.69) is 20.7 Å². The molecule has 0 aliphatic heterocycles. The highest BCUT2D eigenvalue weighted by atomic mass is 79.9. The van der Waals surface area contributed by atoms with Crippen LogP contribution in [0.4, 0.5) is 0 Å². The first kappa shape index (κ1) is 13.7. The number of hydrogen-bond acceptors (Lipinski definition) is 2. The molecule has 0 aliphatic rings. The Labute approximate surface area is 105 Å². The van der Waals surface area contributed by atoms with E-state index in [1.165, 1.54) is 0 Å². The van der Waals surface area contributed by atoms with E-state index < -0.39 is 10.0 Å². The maximum atomic E-state index is 11.8. The highest BCUT2D eigenvalue weighted by molar-refractivity contribution is 9.09. The average molecular weight is 306 g/mol. The van der Waals surface area contributed by atoms with Gasteiger partial charge in [-0.25, -0.2) is 13.1 Å². The number of rotatable bonds is 5. The molecule has 3 nitrogen and oxygen atoms in total. The van der Waals surface area contributed by atoms with Gasteiger partial charge < -0.3 is 0 Å². The van der Waals surface area contributed by atoms with Gasteiger partial charge in [0, 0.05) is 11.4 Å². The fraction of sp³-hybridized carbons (Fsp3) is 0.455. The quantitative estimate of drug-likeness (QED) is 0.849. The van der Waals surface area contributed by atoms with Crippen molar-refractivity contribution in [2.75, 3.05) is 6.54 Å². The largest absolute Gasteiger partial charge is 0.240 e. The Balaban J connectivity index is 2.67. The molecule has 0 fully saturated rings. The van der Waals surface area contributed by atoms with Crippen LogP contribution < -0.4 is 4.72 Å². The molecular weight excluding hydrogens is 290 g/mol. The van der Waals surface area contributed by atoms with Crippen molar-refractivity contribution < 1.29 is 8.42 Å². The molecule has 0 amide bonds. The first-order valence-electron chi connectivity index (χ1n) is 5.12. The fourth-order valence-corrected chi connectivity index (χ4v) is 2.57. The third-order valence-corrected chi connectivity index (χ3v) is 5.07. The molecule has 0 heterocycles. The molecule has 0 saturated heterocycles. The number of sulfonamides is 1. The molecule has 1 rings (SSSR count). The molecule has 1 atom stereocenters. The summed E-state index contributed by atoms with van der Waals surface area (Å²) in [4.78, 5) is 0.449. The Hall–Kier alpha value is -0.390. The van der Waals surface area contributed by atoms with E-state index in [0.717, 1.165) is 0 Å². The van der Waals surface area contributed by atoms with Crippen molar-refractivity contribution in [3.05, 3.63) is 30.3 Å². The first-order chi connectivity index (χ1) is 7.43. The van der Waals surface area contributed by atoms with Gasteiger partial charge in [-0.1, -0.05) is 48.0 Å². The zero-order chi connectivity index (χ0) is 12.2. The number of halogens is 1. The van der Waals surface area contributed by atoms with E-state index in [9.17, 15) is 8.42 Å². The molecule has 0 radical (unpaired) electrons. The molecule has 1 unspecified atom stereocenters. The molecule has 1 aromatic rings. The lowest BCUT2D eigenvalue weighted by molar-refractivity contribution is 0.563. The predicted octanol–water partition coefficient (Wildman–Crippen LogP) is 2.38. The number of alkyl halides is 1. The SMILES string of the molecule is CC(C)C(Br)CNS(=O)(=O)c1ccccc1. The second-order valence-electron chi connectivity index (χ2n) is 3.92. The van der Waals surface area contributed by atoms with Crippen LogP contribution in [0.15, 0.2) is 35.2 Å². The van der Waals surface area contributed by atoms with Crippen molar-refractivity contribution in [2.24, 2.45) is 5.92 Å². The van der Waals surface area contributed by atoms with Crippen LogP contribution in [-0.4, -0.2) is 19.8 Å². The summed E-state index contributed by atoms with van der Waals surface area (Å²) in [5.41, 5.74) is 0. The Morgan fingerprint density at radius 2 is 1.81 bits per heavy atom. The maximum absolute atomic E-state index is 11.8. The highest BCUT2D eigenvalue weighted by Gasteiger charge is 2.16. The molecule has 5 heteroatoms. The molecule has 90 valence electrons. The summed E-state index contributed by atoms with van der Waals surface area (Å²) in [5, 5.41) is 0. The van der Waals surface area contributed by atoms with E-state index >= 15 is 0 Å². The van der Waals surface area contributed by atoms with Gasteiger partial charge in [0.15, 0.2) is 0 Å². The zero-order valence-electron chi connectivity index (χ0n) is 9.35. The smallest absolute Gasteiger partial charge is 0.210 e. The van der Waals surface area contributed by atoms with Crippen LogP contribution in [0.3, 0.4) is 0 Å². The van der Waals surface area contributed by atoms with Gasteiger partial charge in [-0.3, -0.25) is 0 Å². The Morgan fingerprint density at radius 3 is 2.31 bits per heavy atom. The van der Waals surface area contributed by atoms with Gasteiger partial charge in [-0.15, -0.1) is 0 Å². The van der Waals surface area contributed by atoms with Crippen molar-refractivity contribution in [3.8, 4) is 0 Å². The van der Waals surface area contributed by atoms with Crippen LogP contribution in [-0.2, 0) is 10.0 Å². The average Bonchev–Trinajstić information content (AvgIpc) is 2.27. The lowest BCUT2D eigenvalue weighted by Crippen LogP contribution is -2.31. The van der Waals surface area contributed by atoms with E-state index in [1.807, 2.05) is 13.8 Å². The molecule has 0 aliphatic carbocycles. The molecule has 1 N–H and O–H groups in total. The fourth-order valence-electron chi connectivity index (χ4n) is 1.11. The van der Waals surface area contributed by atoms with Crippen LogP contribution in [0.2, 0.25) is 0 Å². The van der Waals surface area contributed by atoms with E-state index in [4.69, 9.17) is 0 Å². The lowest BCUT2D eigenvalue weighted by Gasteiger charge is -2.14. The number of benzene rings is 1. The summed E-state index contributed by atoms with van der Waals surface area (Å²) in [6.07, 6.45) is 0. The Kier molecular flexibility index (Phi) is 4.95. The third kappa shape index (κ3) is 3.88. The van der Waals surface area contributed by atoms with Crippen molar-refractivity contribution in [3.63, 3.8) is 0 Å². The van der Waals surface area contributed by atoms with Gasteiger partial charge in [0.1, 0.15) is 0 Å². The zero-order valence-corrected chi connectivity index (χ0v) is 11.8. The summed E-state index contributed by atoms with van der Waals surface area (Å²) in [6.45, 7) is 4.47. The molecule has 0 saturated carbocycles. The van der Waals surface area contributed by atoms with Gasteiger partial charge in [-0.2, -0.15) is 0 Å². The van der Waals surface area contributed by atoms with Crippen molar-refractivity contribution >= 4 is 26.0 Å². The topological polar surface area (TPSA) is 46.2 Å². The minimum atomic E-state index is -3.37. The van der Waals surface area contributed by atoms with Crippen molar-refractivity contribution in [1.29, 1.82) is 0 Å². The van der Waals surface area contributed by atoms with Crippen molar-refractivity contribution in [2.45, 2.75) is 23.6 Å². The van der Waals surface area contributed by atoms with E-state index in [1.54, 1.807) is 30.3 Å². The van der Waals surface area contributed by atoms with E-state index in [0.29, 0.717) is 17.4 Å². The second kappa shape index (κ2) is 5.80. The van der Waals surface area contributed by atoms with E-state index in [-0.39, 0.29) is 4.83 Å². The summed E-state index contributed by atoms with van der Waals surface area (Å²) >= 11 is 3.44. The molecular formula is C11H16BrNO2S. The molecule has 0 bridgehead atoms. The summed E-state index contributed by atoms with van der Waals surface area (Å²) in [5.74, 6) is 0.387. The van der Waals surface area contributed by atoms with Gasteiger partial charge >= 0.3 is 0 Å². The summed E-state index contributed by atoms with van der Waals surface area (Å²) in [7, 11) is -3.37. The van der Waals surface area contributed by atoms with Gasteiger partial charge in [0.2, 0.25) is 10.0 Å². The molecule has 0 aromatic heterocycles. The molecule has 1 aromatic carbocycles. The standard InChI is InChI=1S/C11H16BrNO2S/c1-9(2)11(12)8-13-16(14,15)10-6-4-3-5-7-10/h3-7,9,11,13H,8H2,1-2H3. The Morgan fingerprint density at radius 1 is 1.25 bits per heavy atom. The highest BCUT2D eigenvalue weighted by Crippen LogP contribution is 2.12. The van der Waals surface area contributed by atoms with Crippen molar-refractivity contribution in [1.82, 2.24) is 4.72 Å². The Bertz CT molecular complexity index is 417. The van der Waals surface area contributed by atoms with Gasteiger partial charge in [-0.05, 0) is 18.1 Å². The summed E-state index contributed by atoms with van der Waals surface area (Å²) in [6, 6.07) is 8.38.